The van der Waals surface area contributed by atoms with E-state index in [0.717, 1.165) is 29.7 Å². The van der Waals surface area contributed by atoms with Crippen molar-refractivity contribution in [2.24, 2.45) is 0 Å². The van der Waals surface area contributed by atoms with Crippen LogP contribution in [0.15, 0.2) is 23.1 Å². The summed E-state index contributed by atoms with van der Waals surface area (Å²) in [5.74, 6) is 0.141. The molecule has 0 aromatic heterocycles. The highest BCUT2D eigenvalue weighted by atomic mass is 32.2. The van der Waals surface area contributed by atoms with Crippen LogP contribution in [0.3, 0.4) is 0 Å². The molecule has 3 nitrogen and oxygen atoms in total. The van der Waals surface area contributed by atoms with Gasteiger partial charge in [0.05, 0.1) is 5.97 Å². The van der Waals surface area contributed by atoms with Crippen molar-refractivity contribution in [3.05, 3.63) is 39.8 Å². The van der Waals surface area contributed by atoms with Gasteiger partial charge in [-0.05, 0) is 64.0 Å². The quantitative estimate of drug-likeness (QED) is 0.604. The van der Waals surface area contributed by atoms with E-state index in [1.165, 1.54) is 17.3 Å². The fraction of sp³-hybridized carbons (Fsp3) is 0.571. The third-order valence-electron chi connectivity index (χ3n) is 4.10. The number of hydrogen-bond acceptors (Lipinski definition) is 4. The topological polar surface area (TPSA) is 60.4 Å². The van der Waals surface area contributed by atoms with Crippen molar-refractivity contribution in [2.75, 3.05) is 5.75 Å². The lowest BCUT2D eigenvalue weighted by molar-refractivity contribution is -0.299. The number of aryl methyl sites for hydroxylation is 1. The predicted molar refractivity (Wildman–Crippen MR) is 105 cm³/mol. The molecule has 1 rings (SSSR count). The molecule has 0 aliphatic heterocycles. The van der Waals surface area contributed by atoms with Gasteiger partial charge in [-0.1, -0.05) is 53.7 Å². The van der Waals surface area contributed by atoms with Crippen LogP contribution in [0.1, 0.15) is 71.6 Å². The second kappa shape index (κ2) is 8.31. The zero-order valence-corrected chi connectivity index (χ0v) is 17.3. The molecule has 0 bridgehead atoms. The maximum absolute atomic E-state index is 10.7. The van der Waals surface area contributed by atoms with Gasteiger partial charge in [0, 0.05) is 0 Å². The van der Waals surface area contributed by atoms with E-state index >= 15 is 0 Å². The van der Waals surface area contributed by atoms with Gasteiger partial charge >= 0.3 is 0 Å². The molecule has 0 atom stereocenters. The third kappa shape index (κ3) is 6.43. The van der Waals surface area contributed by atoms with Crippen LogP contribution in [0.25, 0.3) is 0 Å². The van der Waals surface area contributed by atoms with Gasteiger partial charge in [0.1, 0.15) is 5.75 Å². The fourth-order valence-electron chi connectivity index (χ4n) is 2.57. The monoisotopic (exact) mass is 363 g/mol. The van der Waals surface area contributed by atoms with Crippen molar-refractivity contribution in [1.29, 1.82) is 0 Å². The molecule has 4 heteroatoms. The molecule has 1 aromatic carbocycles. The lowest BCUT2D eigenvalue weighted by atomic mass is 9.78. The molecule has 0 radical (unpaired) electrons. The van der Waals surface area contributed by atoms with Gasteiger partial charge in [0.15, 0.2) is 0 Å². The SMILES string of the molecule is C/C(=C\SCCCc1cc(C(C)(C)C)c(O)c(C(C)(C)C)c1)C(=O)[O-]. The molecule has 1 N–H and O–H groups in total. The number of thioether (sulfide) groups is 1. The Bertz CT molecular complexity index is 611. The van der Waals surface area contributed by atoms with Crippen LogP contribution >= 0.6 is 11.8 Å². The number of rotatable bonds is 6. The number of phenolic OH excluding ortho intramolecular Hbond substituents is 1. The summed E-state index contributed by atoms with van der Waals surface area (Å²) in [6.07, 6.45) is 1.84. The van der Waals surface area contributed by atoms with Crippen LogP contribution in [0.2, 0.25) is 0 Å². The molecule has 0 heterocycles. The number of carboxylic acids is 1. The van der Waals surface area contributed by atoms with Crippen molar-refractivity contribution in [3.8, 4) is 5.75 Å². The lowest BCUT2D eigenvalue weighted by Gasteiger charge is -2.28. The first kappa shape index (κ1) is 21.6. The number of benzene rings is 1. The second-order valence-electron chi connectivity index (χ2n) is 8.60. The summed E-state index contributed by atoms with van der Waals surface area (Å²) in [5, 5.41) is 23.0. The third-order valence-corrected chi connectivity index (χ3v) is 5.14. The van der Waals surface area contributed by atoms with E-state index < -0.39 is 5.97 Å². The normalized spacial score (nSPS) is 13.2. The average molecular weight is 364 g/mol. The van der Waals surface area contributed by atoms with E-state index in [4.69, 9.17) is 0 Å². The molecule has 0 spiro atoms. The van der Waals surface area contributed by atoms with Crippen molar-refractivity contribution >= 4 is 17.7 Å². The highest BCUT2D eigenvalue weighted by Gasteiger charge is 2.26. The van der Waals surface area contributed by atoms with E-state index in [9.17, 15) is 15.0 Å². The summed E-state index contributed by atoms with van der Waals surface area (Å²) in [6.45, 7) is 14.2. The van der Waals surface area contributed by atoms with E-state index in [0.29, 0.717) is 5.75 Å². The molecular weight excluding hydrogens is 332 g/mol. The molecule has 1 aromatic rings. The Kier molecular flexibility index (Phi) is 7.18. The van der Waals surface area contributed by atoms with E-state index in [2.05, 4.69) is 53.7 Å². The van der Waals surface area contributed by atoms with Crippen LogP contribution in [0.5, 0.6) is 5.75 Å². The summed E-state index contributed by atoms with van der Waals surface area (Å²) in [4.78, 5) is 10.7. The van der Waals surface area contributed by atoms with Gasteiger partial charge in [-0.3, -0.25) is 0 Å². The van der Waals surface area contributed by atoms with E-state index in [-0.39, 0.29) is 16.4 Å². The summed E-state index contributed by atoms with van der Waals surface area (Å²) >= 11 is 1.50. The highest BCUT2D eigenvalue weighted by Crippen LogP contribution is 2.40. The van der Waals surface area contributed by atoms with Crippen molar-refractivity contribution in [3.63, 3.8) is 0 Å². The van der Waals surface area contributed by atoms with Crippen molar-refractivity contribution in [2.45, 2.75) is 72.1 Å². The first-order valence-corrected chi connectivity index (χ1v) is 9.75. The average Bonchev–Trinajstić information content (AvgIpc) is 2.45. The molecular formula is C21H31O3S-. The standard InChI is InChI=1S/C21H32O3S/c1-14(19(23)24)13-25-10-8-9-15-11-16(20(2,3)4)18(22)17(12-15)21(5,6)7/h11-13,22H,8-10H2,1-7H3,(H,23,24)/p-1/b14-13+. The number of aromatic hydroxyl groups is 1. The Morgan fingerprint density at radius 2 is 1.60 bits per heavy atom. The van der Waals surface area contributed by atoms with Crippen LogP contribution in [0, 0.1) is 0 Å². The maximum atomic E-state index is 10.7. The zero-order valence-electron chi connectivity index (χ0n) is 16.5. The lowest BCUT2D eigenvalue weighted by Crippen LogP contribution is -2.22. The molecule has 0 saturated carbocycles. The van der Waals surface area contributed by atoms with Gasteiger partial charge in [-0.25, -0.2) is 0 Å². The molecule has 25 heavy (non-hydrogen) atoms. The number of aliphatic carboxylic acids is 1. The maximum Gasteiger partial charge on any atom is 0.123 e. The smallest absolute Gasteiger partial charge is 0.123 e. The Morgan fingerprint density at radius 3 is 2.00 bits per heavy atom. The zero-order chi connectivity index (χ0) is 19.4. The summed E-state index contributed by atoms with van der Waals surface area (Å²) in [5.41, 5.74) is 3.20. The number of carbonyl (C=O) groups excluding carboxylic acids is 1. The van der Waals surface area contributed by atoms with E-state index in [1.807, 2.05) is 0 Å². The van der Waals surface area contributed by atoms with Gasteiger partial charge in [0.2, 0.25) is 0 Å². The highest BCUT2D eigenvalue weighted by molar-refractivity contribution is 8.02. The predicted octanol–water partition coefficient (Wildman–Crippen LogP) is 4.31. The van der Waals surface area contributed by atoms with Crippen LogP contribution < -0.4 is 5.11 Å². The molecule has 0 unspecified atom stereocenters. The first-order valence-electron chi connectivity index (χ1n) is 8.70. The number of hydrogen-bond donors (Lipinski definition) is 1. The Hall–Kier alpha value is -1.42. The summed E-state index contributed by atoms with van der Waals surface area (Å²) in [6, 6.07) is 4.22. The minimum absolute atomic E-state index is 0.122. The minimum atomic E-state index is -1.12. The first-order chi connectivity index (χ1) is 11.3. The van der Waals surface area contributed by atoms with Crippen LogP contribution in [-0.2, 0) is 22.0 Å². The molecule has 140 valence electrons. The largest absolute Gasteiger partial charge is 0.545 e. The van der Waals surface area contributed by atoms with Gasteiger partial charge < -0.3 is 15.0 Å². The number of carboxylic acid groups (broad SMARTS) is 1. The Morgan fingerprint density at radius 1 is 1.12 bits per heavy atom. The number of phenols is 1. The van der Waals surface area contributed by atoms with Crippen molar-refractivity contribution in [1.82, 2.24) is 0 Å². The molecule has 0 saturated heterocycles. The molecule has 0 aliphatic rings. The van der Waals surface area contributed by atoms with Gasteiger partial charge in [-0.15, -0.1) is 11.8 Å². The summed E-state index contributed by atoms with van der Waals surface area (Å²) in [7, 11) is 0. The molecule has 0 amide bonds. The second-order valence-corrected chi connectivity index (χ2v) is 9.58. The Labute approximate surface area is 156 Å². The van der Waals surface area contributed by atoms with Crippen LogP contribution in [0.4, 0.5) is 0 Å². The Balaban J connectivity index is 2.94. The fourth-order valence-corrected chi connectivity index (χ4v) is 3.35. The minimum Gasteiger partial charge on any atom is -0.545 e. The van der Waals surface area contributed by atoms with Crippen molar-refractivity contribution < 1.29 is 15.0 Å². The molecule has 0 fully saturated rings. The summed E-state index contributed by atoms with van der Waals surface area (Å²) < 4.78 is 0. The van der Waals surface area contributed by atoms with E-state index in [1.54, 1.807) is 12.3 Å². The van der Waals surface area contributed by atoms with Gasteiger partial charge in [-0.2, -0.15) is 0 Å². The van der Waals surface area contributed by atoms with Gasteiger partial charge in [0.25, 0.3) is 0 Å². The molecule has 0 aliphatic carbocycles. The van der Waals surface area contributed by atoms with Crippen LogP contribution in [-0.4, -0.2) is 16.8 Å². The number of carbonyl (C=O) groups is 1.